The summed E-state index contributed by atoms with van der Waals surface area (Å²) in [5.74, 6) is -0.0425. The second-order valence-electron chi connectivity index (χ2n) is 24.6. The molecule has 6 heteroatoms. The van der Waals surface area contributed by atoms with Crippen molar-refractivity contribution in [3.05, 3.63) is 12.2 Å². The lowest BCUT2D eigenvalue weighted by molar-refractivity contribution is -0.143. The van der Waals surface area contributed by atoms with Gasteiger partial charge in [-0.25, -0.2) is 0 Å². The maximum absolute atomic E-state index is 12.5. The third kappa shape index (κ3) is 63.6. The molecule has 0 bridgehead atoms. The Morgan fingerprint density at radius 2 is 0.597 bits per heavy atom. The molecule has 0 spiro atoms. The minimum Gasteiger partial charge on any atom is -0.466 e. The summed E-state index contributed by atoms with van der Waals surface area (Å²) < 4.78 is 5.51. The average Bonchev–Trinajstić information content (AvgIpc) is 3.43. The van der Waals surface area contributed by atoms with Crippen molar-refractivity contribution in [1.82, 2.24) is 5.32 Å². The van der Waals surface area contributed by atoms with E-state index in [1.807, 2.05) is 6.08 Å². The largest absolute Gasteiger partial charge is 0.466 e. The number of hydrogen-bond acceptors (Lipinski definition) is 5. The number of ether oxygens (including phenoxy) is 1. The summed E-state index contributed by atoms with van der Waals surface area (Å²) in [6, 6.07) is -0.627. The summed E-state index contributed by atoms with van der Waals surface area (Å²) in [7, 11) is 0. The zero-order chi connectivity index (χ0) is 55.7. The van der Waals surface area contributed by atoms with Gasteiger partial charge < -0.3 is 20.3 Å². The van der Waals surface area contributed by atoms with Crippen molar-refractivity contribution < 1.29 is 24.5 Å². The Labute approximate surface area is 482 Å². The van der Waals surface area contributed by atoms with Gasteiger partial charge >= 0.3 is 5.97 Å². The molecular weight excluding hydrogens is 947 g/mol. The molecule has 0 aromatic carbocycles. The molecule has 3 N–H and O–H groups in total. The number of amides is 1. The Morgan fingerprint density at radius 3 is 0.883 bits per heavy atom. The quantitative estimate of drug-likeness (QED) is 0.0320. The van der Waals surface area contributed by atoms with Crippen LogP contribution in [0.4, 0.5) is 0 Å². The maximum atomic E-state index is 12.5. The molecule has 0 aromatic rings. The number of hydrogen-bond donors (Lipinski definition) is 3. The van der Waals surface area contributed by atoms with E-state index in [1.54, 1.807) is 6.08 Å². The van der Waals surface area contributed by atoms with E-state index in [0.29, 0.717) is 19.4 Å². The fourth-order valence-corrected chi connectivity index (χ4v) is 11.4. The van der Waals surface area contributed by atoms with Crippen molar-refractivity contribution in [2.24, 2.45) is 0 Å². The zero-order valence-corrected chi connectivity index (χ0v) is 52.5. The molecule has 0 aromatic heterocycles. The van der Waals surface area contributed by atoms with Crippen LogP contribution in [0.1, 0.15) is 406 Å². The van der Waals surface area contributed by atoms with Crippen molar-refractivity contribution in [2.45, 2.75) is 418 Å². The molecule has 77 heavy (non-hydrogen) atoms. The van der Waals surface area contributed by atoms with Gasteiger partial charge in [-0.05, 0) is 32.1 Å². The van der Waals surface area contributed by atoms with Crippen LogP contribution in [0, 0.1) is 0 Å². The van der Waals surface area contributed by atoms with Crippen LogP contribution in [0.2, 0.25) is 0 Å². The van der Waals surface area contributed by atoms with Gasteiger partial charge in [0.05, 0.1) is 25.4 Å². The molecule has 0 rings (SSSR count). The van der Waals surface area contributed by atoms with Gasteiger partial charge in [0.1, 0.15) is 0 Å². The molecule has 0 fully saturated rings. The summed E-state index contributed by atoms with van der Waals surface area (Å²) in [4.78, 5) is 24.6. The number of aliphatic hydroxyl groups excluding tert-OH is 2. The van der Waals surface area contributed by atoms with Crippen molar-refractivity contribution >= 4 is 11.9 Å². The fourth-order valence-electron chi connectivity index (χ4n) is 11.4. The molecule has 0 radical (unpaired) electrons. The Bertz CT molecular complexity index is 1160. The number of nitrogens with one attached hydrogen (secondary N) is 1. The van der Waals surface area contributed by atoms with Gasteiger partial charge in [0.2, 0.25) is 5.91 Å². The van der Waals surface area contributed by atoms with Gasteiger partial charge in [-0.15, -0.1) is 0 Å². The lowest BCUT2D eigenvalue weighted by atomic mass is 10.0. The van der Waals surface area contributed by atoms with E-state index in [2.05, 4.69) is 19.2 Å². The molecule has 0 aliphatic carbocycles. The SMILES string of the molecule is CCCCCCCCCCCCCCCCCCC/C=C/C(O)C(CO)NC(=O)CCCCCCCCCCCCCCCCCCCCCCCCCCOC(=O)CCCCCCCCCCCCCCCCCCC. The van der Waals surface area contributed by atoms with Gasteiger partial charge in [-0.2, -0.15) is 0 Å². The van der Waals surface area contributed by atoms with E-state index in [9.17, 15) is 19.8 Å². The summed E-state index contributed by atoms with van der Waals surface area (Å²) >= 11 is 0. The summed E-state index contributed by atoms with van der Waals surface area (Å²) in [6.07, 6.45) is 82.9. The Morgan fingerprint density at radius 1 is 0.351 bits per heavy atom. The topological polar surface area (TPSA) is 95.9 Å². The minimum atomic E-state index is -0.844. The number of unbranched alkanes of at least 4 members (excludes halogenated alkanes) is 56. The highest BCUT2D eigenvalue weighted by molar-refractivity contribution is 5.76. The standard InChI is InChI=1S/C71H139NO5/c1-3-5-7-9-11-13-15-17-19-21-28-32-35-39-43-47-51-55-59-63-69(74)68(67-73)72-70(75)64-60-56-52-48-44-40-36-33-29-26-24-22-23-25-27-30-34-38-42-46-50-54-58-62-66-77-71(76)65-61-57-53-49-45-41-37-31-20-18-16-14-12-10-8-6-4-2/h59,63,68-69,73-74H,3-58,60-62,64-67H2,1-2H3,(H,72,75)/b63-59+. The average molecular weight is 1090 g/mol. The maximum Gasteiger partial charge on any atom is 0.305 e. The zero-order valence-electron chi connectivity index (χ0n) is 52.5. The van der Waals surface area contributed by atoms with Crippen LogP contribution in [-0.2, 0) is 14.3 Å². The van der Waals surface area contributed by atoms with E-state index in [4.69, 9.17) is 4.74 Å². The molecule has 0 heterocycles. The number of carbonyl (C=O) groups excluding carboxylic acids is 2. The summed E-state index contributed by atoms with van der Waals surface area (Å²) in [5, 5.41) is 23.2. The van der Waals surface area contributed by atoms with Crippen molar-refractivity contribution in [2.75, 3.05) is 13.2 Å². The second kappa shape index (κ2) is 67.1. The normalized spacial score (nSPS) is 12.5. The molecule has 0 saturated heterocycles. The van der Waals surface area contributed by atoms with Crippen LogP contribution in [0.5, 0.6) is 0 Å². The van der Waals surface area contributed by atoms with Crippen LogP contribution >= 0.6 is 0 Å². The van der Waals surface area contributed by atoms with E-state index in [1.165, 1.54) is 340 Å². The van der Waals surface area contributed by atoms with E-state index in [-0.39, 0.29) is 18.5 Å². The molecule has 0 aliphatic rings. The fraction of sp³-hybridized carbons (Fsp3) is 0.944. The van der Waals surface area contributed by atoms with Crippen molar-refractivity contribution in [3.63, 3.8) is 0 Å². The van der Waals surface area contributed by atoms with Gasteiger partial charge in [-0.3, -0.25) is 9.59 Å². The molecule has 0 aliphatic heterocycles. The Balaban J connectivity index is 3.37. The Kier molecular flexibility index (Phi) is 65.9. The second-order valence-corrected chi connectivity index (χ2v) is 24.6. The highest BCUT2D eigenvalue weighted by Gasteiger charge is 2.18. The van der Waals surface area contributed by atoms with E-state index >= 15 is 0 Å². The third-order valence-electron chi connectivity index (χ3n) is 16.8. The van der Waals surface area contributed by atoms with Gasteiger partial charge in [-0.1, -0.05) is 373 Å². The summed E-state index contributed by atoms with van der Waals surface area (Å²) in [6.45, 7) is 4.95. The molecule has 458 valence electrons. The lowest BCUT2D eigenvalue weighted by Gasteiger charge is -2.20. The lowest BCUT2D eigenvalue weighted by Crippen LogP contribution is -2.45. The predicted molar refractivity (Wildman–Crippen MR) is 338 cm³/mol. The number of allylic oxidation sites excluding steroid dienone is 1. The van der Waals surface area contributed by atoms with Crippen LogP contribution in [-0.4, -0.2) is 47.4 Å². The molecule has 6 nitrogen and oxygen atoms in total. The van der Waals surface area contributed by atoms with Crippen LogP contribution in [0.25, 0.3) is 0 Å². The monoisotopic (exact) mass is 1090 g/mol. The van der Waals surface area contributed by atoms with Gasteiger partial charge in [0, 0.05) is 12.8 Å². The molecule has 2 atom stereocenters. The van der Waals surface area contributed by atoms with Crippen molar-refractivity contribution in [3.8, 4) is 0 Å². The van der Waals surface area contributed by atoms with Gasteiger partial charge in [0.25, 0.3) is 0 Å². The van der Waals surface area contributed by atoms with E-state index in [0.717, 1.165) is 38.5 Å². The highest BCUT2D eigenvalue weighted by Crippen LogP contribution is 2.19. The number of rotatable bonds is 67. The summed E-state index contributed by atoms with van der Waals surface area (Å²) in [5.41, 5.74) is 0. The first kappa shape index (κ1) is 75.6. The smallest absolute Gasteiger partial charge is 0.305 e. The van der Waals surface area contributed by atoms with Crippen LogP contribution in [0.3, 0.4) is 0 Å². The molecule has 0 saturated carbocycles. The van der Waals surface area contributed by atoms with E-state index < -0.39 is 12.1 Å². The van der Waals surface area contributed by atoms with Crippen LogP contribution < -0.4 is 5.32 Å². The number of aliphatic hydroxyl groups is 2. The number of esters is 1. The minimum absolute atomic E-state index is 0.0201. The molecule has 2 unspecified atom stereocenters. The first-order chi connectivity index (χ1) is 38.0. The first-order valence-electron chi connectivity index (χ1n) is 35.5. The number of carbonyl (C=O) groups is 2. The van der Waals surface area contributed by atoms with Crippen molar-refractivity contribution in [1.29, 1.82) is 0 Å². The highest BCUT2D eigenvalue weighted by atomic mass is 16.5. The molecular formula is C71H139NO5. The first-order valence-corrected chi connectivity index (χ1v) is 35.5. The third-order valence-corrected chi connectivity index (χ3v) is 16.8. The van der Waals surface area contributed by atoms with Crippen LogP contribution in [0.15, 0.2) is 12.2 Å². The van der Waals surface area contributed by atoms with Gasteiger partial charge in [0.15, 0.2) is 0 Å². The Hall–Kier alpha value is -1.40. The molecule has 1 amide bonds. The predicted octanol–water partition coefficient (Wildman–Crippen LogP) is 22.8.